The highest BCUT2D eigenvalue weighted by Crippen LogP contribution is 2.38. The lowest BCUT2D eigenvalue weighted by molar-refractivity contribution is 0.0519. The first kappa shape index (κ1) is 22.5. The predicted octanol–water partition coefficient (Wildman–Crippen LogP) is 5.50. The lowest BCUT2D eigenvalue weighted by Gasteiger charge is -2.14. The molecule has 0 saturated heterocycles. The molecule has 1 aromatic heterocycles. The van der Waals surface area contributed by atoms with Crippen LogP contribution in [0.4, 0.5) is 4.79 Å². The van der Waals surface area contributed by atoms with Gasteiger partial charge < -0.3 is 19.6 Å². The van der Waals surface area contributed by atoms with E-state index in [9.17, 15) is 14.4 Å². The summed E-state index contributed by atoms with van der Waals surface area (Å²) in [7, 11) is 1.12. The van der Waals surface area contributed by atoms with Gasteiger partial charge in [0, 0.05) is 23.5 Å². The van der Waals surface area contributed by atoms with Gasteiger partial charge in [-0.2, -0.15) is 0 Å². The van der Waals surface area contributed by atoms with E-state index in [0.717, 1.165) is 18.0 Å². The van der Waals surface area contributed by atoms with Crippen molar-refractivity contribution in [3.8, 4) is 11.5 Å². The standard InChI is InChI=1S/C21H18Cl2N2O6/c1-4-30-20(27)17-10(2)13-9-12(5-6-16(13)24-17)31-18-14(22)7-11(8-15(18)23)19(26)25(3)21(28)29/h5-9,24H,4H2,1-3H3,(H,28,29). The first-order valence-corrected chi connectivity index (χ1v) is 9.87. The molecule has 10 heteroatoms. The van der Waals surface area contributed by atoms with Crippen LogP contribution in [-0.4, -0.2) is 46.6 Å². The Bertz CT molecular complexity index is 1180. The molecule has 0 fully saturated rings. The summed E-state index contributed by atoms with van der Waals surface area (Å²) in [4.78, 5) is 38.8. The van der Waals surface area contributed by atoms with Crippen molar-refractivity contribution in [2.75, 3.05) is 13.7 Å². The van der Waals surface area contributed by atoms with Gasteiger partial charge in [0.1, 0.15) is 11.4 Å². The van der Waals surface area contributed by atoms with Crippen LogP contribution in [0, 0.1) is 6.92 Å². The highest BCUT2D eigenvalue weighted by atomic mass is 35.5. The fraction of sp³-hybridized carbons (Fsp3) is 0.190. The van der Waals surface area contributed by atoms with Crippen molar-refractivity contribution in [1.82, 2.24) is 9.88 Å². The van der Waals surface area contributed by atoms with E-state index >= 15 is 0 Å². The van der Waals surface area contributed by atoms with Crippen molar-refractivity contribution < 1.29 is 29.0 Å². The number of carbonyl (C=O) groups excluding carboxylic acids is 2. The van der Waals surface area contributed by atoms with E-state index in [1.807, 2.05) is 0 Å². The molecule has 3 rings (SSSR count). The first-order chi connectivity index (χ1) is 14.6. The molecule has 2 aromatic carbocycles. The number of rotatable bonds is 5. The summed E-state index contributed by atoms with van der Waals surface area (Å²) >= 11 is 12.5. The zero-order valence-corrected chi connectivity index (χ0v) is 18.3. The Morgan fingerprint density at radius 1 is 1.13 bits per heavy atom. The molecule has 0 unspecified atom stereocenters. The van der Waals surface area contributed by atoms with E-state index in [0.29, 0.717) is 21.9 Å². The minimum absolute atomic E-state index is 0.00302. The van der Waals surface area contributed by atoms with Crippen molar-refractivity contribution in [1.29, 1.82) is 0 Å². The zero-order chi connectivity index (χ0) is 22.9. The fourth-order valence-corrected chi connectivity index (χ4v) is 3.52. The average Bonchev–Trinajstić information content (AvgIpc) is 3.05. The number of halogens is 2. The number of amides is 2. The lowest BCUT2D eigenvalue weighted by Crippen LogP contribution is -2.31. The van der Waals surface area contributed by atoms with Crippen LogP contribution in [0.1, 0.15) is 33.3 Å². The summed E-state index contributed by atoms with van der Waals surface area (Å²) in [5, 5.41) is 9.78. The third-order valence-electron chi connectivity index (χ3n) is 4.57. The van der Waals surface area contributed by atoms with Gasteiger partial charge in [0.2, 0.25) is 0 Å². The van der Waals surface area contributed by atoms with Crippen molar-refractivity contribution >= 4 is 52.1 Å². The molecule has 0 saturated carbocycles. The maximum atomic E-state index is 12.2. The monoisotopic (exact) mass is 464 g/mol. The SMILES string of the molecule is CCOC(=O)c1[nH]c2ccc(Oc3c(Cl)cc(C(=O)N(C)C(=O)O)cc3Cl)cc2c1C. The molecule has 0 spiro atoms. The Hall–Kier alpha value is -3.23. The van der Waals surface area contributed by atoms with Crippen LogP contribution < -0.4 is 4.74 Å². The van der Waals surface area contributed by atoms with Gasteiger partial charge in [-0.05, 0) is 49.7 Å². The number of esters is 1. The summed E-state index contributed by atoms with van der Waals surface area (Å²) in [5.41, 5.74) is 1.79. The van der Waals surface area contributed by atoms with Crippen LogP contribution in [0.2, 0.25) is 10.0 Å². The number of imide groups is 1. The molecule has 2 N–H and O–H groups in total. The van der Waals surface area contributed by atoms with E-state index in [2.05, 4.69) is 4.98 Å². The third-order valence-corrected chi connectivity index (χ3v) is 5.13. The van der Waals surface area contributed by atoms with Gasteiger partial charge in [0.05, 0.1) is 16.7 Å². The van der Waals surface area contributed by atoms with E-state index in [1.165, 1.54) is 12.1 Å². The second-order valence-electron chi connectivity index (χ2n) is 6.57. The van der Waals surface area contributed by atoms with Gasteiger partial charge in [0.15, 0.2) is 5.75 Å². The van der Waals surface area contributed by atoms with Crippen molar-refractivity contribution in [3.05, 3.63) is 57.2 Å². The molecule has 31 heavy (non-hydrogen) atoms. The Balaban J connectivity index is 1.93. The predicted molar refractivity (Wildman–Crippen MR) is 116 cm³/mol. The highest BCUT2D eigenvalue weighted by Gasteiger charge is 2.21. The molecular weight excluding hydrogens is 447 g/mol. The Morgan fingerprint density at radius 3 is 2.35 bits per heavy atom. The number of carboxylic acid groups (broad SMARTS) is 1. The van der Waals surface area contributed by atoms with Gasteiger partial charge in [0.25, 0.3) is 5.91 Å². The molecule has 0 atom stereocenters. The number of hydrogen-bond acceptors (Lipinski definition) is 5. The van der Waals surface area contributed by atoms with E-state index < -0.39 is 18.0 Å². The summed E-state index contributed by atoms with van der Waals surface area (Å²) in [6, 6.07) is 7.68. The number of hydrogen-bond donors (Lipinski definition) is 2. The van der Waals surface area contributed by atoms with Crippen LogP contribution in [-0.2, 0) is 4.74 Å². The molecule has 1 heterocycles. The zero-order valence-electron chi connectivity index (χ0n) is 16.8. The molecule has 8 nitrogen and oxygen atoms in total. The smallest absolute Gasteiger partial charge is 0.414 e. The van der Waals surface area contributed by atoms with E-state index in [-0.39, 0.29) is 28.0 Å². The van der Waals surface area contributed by atoms with Crippen LogP contribution in [0.3, 0.4) is 0 Å². The number of aryl methyl sites for hydroxylation is 1. The minimum atomic E-state index is -1.41. The van der Waals surface area contributed by atoms with Gasteiger partial charge >= 0.3 is 12.1 Å². The molecule has 162 valence electrons. The van der Waals surface area contributed by atoms with Crippen LogP contribution in [0.5, 0.6) is 11.5 Å². The van der Waals surface area contributed by atoms with Gasteiger partial charge in [-0.15, -0.1) is 0 Å². The molecule has 0 aliphatic heterocycles. The lowest BCUT2D eigenvalue weighted by atomic mass is 10.1. The summed E-state index contributed by atoms with van der Waals surface area (Å²) in [6.07, 6.45) is -1.41. The number of aromatic nitrogens is 1. The van der Waals surface area contributed by atoms with Crippen LogP contribution in [0.25, 0.3) is 10.9 Å². The molecule has 0 radical (unpaired) electrons. The third kappa shape index (κ3) is 4.45. The maximum Gasteiger partial charge on any atom is 0.414 e. The van der Waals surface area contributed by atoms with Gasteiger partial charge in [-0.25, -0.2) is 14.5 Å². The largest absolute Gasteiger partial charge is 0.465 e. The quantitative estimate of drug-likeness (QED) is 0.482. The topological polar surface area (TPSA) is 109 Å². The number of carbonyl (C=O) groups is 3. The highest BCUT2D eigenvalue weighted by molar-refractivity contribution is 6.37. The van der Waals surface area contributed by atoms with E-state index in [1.54, 1.807) is 32.0 Å². The number of nitrogens with one attached hydrogen (secondary N) is 1. The number of H-pyrrole nitrogens is 1. The summed E-state index contributed by atoms with van der Waals surface area (Å²) in [5.74, 6) is -0.721. The second kappa shape index (κ2) is 8.87. The summed E-state index contributed by atoms with van der Waals surface area (Å²) < 4.78 is 10.9. The van der Waals surface area contributed by atoms with Crippen molar-refractivity contribution in [3.63, 3.8) is 0 Å². The van der Waals surface area contributed by atoms with Crippen LogP contribution >= 0.6 is 23.2 Å². The molecule has 0 bridgehead atoms. The Labute approximate surface area is 187 Å². The average molecular weight is 465 g/mol. The fourth-order valence-electron chi connectivity index (χ4n) is 2.96. The molecular formula is C21H18Cl2N2O6. The number of fused-ring (bicyclic) bond motifs is 1. The summed E-state index contributed by atoms with van der Waals surface area (Å²) in [6.45, 7) is 3.78. The minimum Gasteiger partial charge on any atom is -0.465 e. The van der Waals surface area contributed by atoms with Crippen molar-refractivity contribution in [2.24, 2.45) is 0 Å². The van der Waals surface area contributed by atoms with Gasteiger partial charge in [-0.3, -0.25) is 4.79 Å². The first-order valence-electron chi connectivity index (χ1n) is 9.11. The van der Waals surface area contributed by atoms with Crippen LogP contribution in [0.15, 0.2) is 30.3 Å². The molecule has 0 aliphatic carbocycles. The normalized spacial score (nSPS) is 10.7. The molecule has 0 aliphatic rings. The van der Waals surface area contributed by atoms with E-state index in [4.69, 9.17) is 37.8 Å². The number of ether oxygens (including phenoxy) is 2. The maximum absolute atomic E-state index is 12.2. The number of benzene rings is 2. The molecule has 2 amide bonds. The number of aromatic amines is 1. The Kier molecular flexibility index (Phi) is 6.42. The Morgan fingerprint density at radius 2 is 1.77 bits per heavy atom. The second-order valence-corrected chi connectivity index (χ2v) is 7.39. The molecule has 3 aromatic rings. The number of nitrogens with zero attached hydrogens (tertiary/aromatic N) is 1. The van der Waals surface area contributed by atoms with Gasteiger partial charge in [-0.1, -0.05) is 23.2 Å². The van der Waals surface area contributed by atoms with Crippen molar-refractivity contribution in [2.45, 2.75) is 13.8 Å².